The molecule has 0 aromatic heterocycles. The minimum atomic E-state index is 0.393. The number of hydrogen-bond donors (Lipinski definition) is 0. The minimum absolute atomic E-state index is 0.393. The van der Waals surface area contributed by atoms with E-state index in [4.69, 9.17) is 6.42 Å². The molecule has 4 unspecified atom stereocenters. The summed E-state index contributed by atoms with van der Waals surface area (Å²) in [6.45, 7) is 0. The lowest BCUT2D eigenvalue weighted by Gasteiger charge is -2.73. The summed E-state index contributed by atoms with van der Waals surface area (Å²) >= 11 is 0. The Labute approximate surface area is 98.2 Å². The molecule has 0 heterocycles. The molecule has 7 rings (SSSR count). The molecule has 0 radical (unpaired) electrons. The Morgan fingerprint density at radius 2 is 1.44 bits per heavy atom. The van der Waals surface area contributed by atoms with Crippen LogP contribution in [0.5, 0.6) is 0 Å². The van der Waals surface area contributed by atoms with Crippen molar-refractivity contribution in [2.75, 3.05) is 0 Å². The summed E-state index contributed by atoms with van der Waals surface area (Å²) in [5.74, 6) is 10.6. The molecule has 16 heavy (non-hydrogen) atoms. The highest BCUT2D eigenvalue weighted by Crippen LogP contribution is 2.75. The molecule has 0 N–H and O–H groups in total. The summed E-state index contributed by atoms with van der Waals surface area (Å²) in [5, 5.41) is 0. The fourth-order valence-corrected chi connectivity index (χ4v) is 7.23. The molecular weight excluding hydrogens is 192 g/mol. The molecule has 0 heteroatoms. The van der Waals surface area contributed by atoms with Crippen LogP contribution in [0.25, 0.3) is 0 Å². The highest BCUT2D eigenvalue weighted by Gasteiger charge is 2.69. The van der Waals surface area contributed by atoms with Gasteiger partial charge in [0.2, 0.25) is 0 Å². The van der Waals surface area contributed by atoms with Crippen LogP contribution in [-0.2, 0) is 0 Å². The summed E-state index contributed by atoms with van der Waals surface area (Å²) in [6, 6.07) is 0. The van der Waals surface area contributed by atoms with Crippen LogP contribution >= 0.6 is 0 Å². The van der Waals surface area contributed by atoms with Gasteiger partial charge in [0.1, 0.15) is 0 Å². The van der Waals surface area contributed by atoms with E-state index in [0.29, 0.717) is 5.41 Å². The van der Waals surface area contributed by atoms with Gasteiger partial charge in [0, 0.05) is 5.41 Å². The summed E-state index contributed by atoms with van der Waals surface area (Å²) in [5.41, 5.74) is 0.393. The predicted molar refractivity (Wildman–Crippen MR) is 63.4 cm³/mol. The fraction of sp³-hybridized carbons (Fsp3) is 0.875. The van der Waals surface area contributed by atoms with Crippen LogP contribution in [0.1, 0.15) is 38.5 Å². The first-order valence-corrected chi connectivity index (χ1v) is 7.29. The monoisotopic (exact) mass is 212 g/mol. The molecule has 0 nitrogen and oxygen atoms in total. The van der Waals surface area contributed by atoms with Gasteiger partial charge in [0.15, 0.2) is 0 Å². The zero-order chi connectivity index (χ0) is 10.5. The van der Waals surface area contributed by atoms with E-state index in [-0.39, 0.29) is 0 Å². The highest BCUT2D eigenvalue weighted by molar-refractivity contribution is 5.26. The van der Waals surface area contributed by atoms with Crippen LogP contribution < -0.4 is 0 Å². The lowest BCUT2D eigenvalue weighted by Crippen LogP contribution is -2.67. The van der Waals surface area contributed by atoms with Gasteiger partial charge >= 0.3 is 0 Å². The number of rotatable bonds is 0. The molecule has 0 spiro atoms. The molecule has 4 atom stereocenters. The topological polar surface area (TPSA) is 0 Å². The van der Waals surface area contributed by atoms with Crippen LogP contribution in [-0.4, -0.2) is 0 Å². The maximum Gasteiger partial charge on any atom is 0.0376 e. The fourth-order valence-electron chi connectivity index (χ4n) is 7.23. The Balaban J connectivity index is 1.75. The lowest BCUT2D eigenvalue weighted by atomic mass is 9.31. The second kappa shape index (κ2) is 2.38. The van der Waals surface area contributed by atoms with Crippen LogP contribution in [0.2, 0.25) is 0 Å². The molecule has 7 aliphatic rings. The van der Waals surface area contributed by atoms with Crippen molar-refractivity contribution in [3.05, 3.63) is 0 Å². The molecule has 0 aromatic rings. The van der Waals surface area contributed by atoms with Gasteiger partial charge in [0.25, 0.3) is 0 Å². The van der Waals surface area contributed by atoms with Crippen molar-refractivity contribution in [3.8, 4) is 12.3 Å². The third kappa shape index (κ3) is 0.693. The highest BCUT2D eigenvalue weighted by atomic mass is 14.7. The van der Waals surface area contributed by atoms with Crippen LogP contribution in [0, 0.1) is 59.2 Å². The smallest absolute Gasteiger partial charge is 0.0376 e. The molecule has 7 fully saturated rings. The van der Waals surface area contributed by atoms with Crippen molar-refractivity contribution in [1.29, 1.82) is 0 Å². The van der Waals surface area contributed by atoms with Gasteiger partial charge in [-0.15, -0.1) is 6.42 Å². The first-order valence-electron chi connectivity index (χ1n) is 7.29. The first kappa shape index (κ1) is 8.62. The molecule has 8 bridgehead atoms. The maximum absolute atomic E-state index is 6.03. The summed E-state index contributed by atoms with van der Waals surface area (Å²) < 4.78 is 0. The molecule has 0 saturated heterocycles. The van der Waals surface area contributed by atoms with Crippen LogP contribution in [0.15, 0.2) is 0 Å². The van der Waals surface area contributed by atoms with Gasteiger partial charge in [-0.25, -0.2) is 0 Å². The van der Waals surface area contributed by atoms with Gasteiger partial charge in [-0.1, -0.05) is 5.92 Å². The minimum Gasteiger partial charge on any atom is -0.119 e. The van der Waals surface area contributed by atoms with E-state index in [9.17, 15) is 0 Å². The largest absolute Gasteiger partial charge is 0.119 e. The third-order valence-corrected chi connectivity index (χ3v) is 7.34. The zero-order valence-electron chi connectivity index (χ0n) is 9.86. The van der Waals surface area contributed by atoms with Crippen molar-refractivity contribution < 1.29 is 0 Å². The quantitative estimate of drug-likeness (QED) is 0.540. The van der Waals surface area contributed by atoms with Crippen LogP contribution in [0.4, 0.5) is 0 Å². The van der Waals surface area contributed by atoms with E-state index in [0.717, 1.165) is 41.4 Å². The second-order valence-corrected chi connectivity index (χ2v) is 7.50. The Morgan fingerprint density at radius 1 is 0.812 bits per heavy atom. The Bertz CT molecular complexity index is 377. The molecule has 0 aliphatic heterocycles. The molecule has 84 valence electrons. The average Bonchev–Trinajstić information content (AvgIpc) is 2.34. The van der Waals surface area contributed by atoms with E-state index in [1.807, 2.05) is 0 Å². The first-order chi connectivity index (χ1) is 7.82. The Kier molecular flexibility index (Phi) is 1.28. The standard InChI is InChI=1S/C16H20/c1-2-16-8-10-4-12-11-3-9(6-14(12)16)7-15(16)13(11)5-10/h1,9-15H,3-8H2. The average molecular weight is 212 g/mol. The van der Waals surface area contributed by atoms with E-state index >= 15 is 0 Å². The summed E-state index contributed by atoms with van der Waals surface area (Å²) in [4.78, 5) is 0. The van der Waals surface area contributed by atoms with E-state index < -0.39 is 0 Å². The van der Waals surface area contributed by atoms with E-state index in [1.54, 1.807) is 19.3 Å². The van der Waals surface area contributed by atoms with Crippen molar-refractivity contribution in [2.45, 2.75) is 38.5 Å². The molecular formula is C16H20. The normalized spacial score (nSPS) is 68.6. The molecule has 7 aliphatic carbocycles. The van der Waals surface area contributed by atoms with Gasteiger partial charge in [0.05, 0.1) is 0 Å². The lowest BCUT2D eigenvalue weighted by molar-refractivity contribution is -0.232. The molecule has 0 aromatic carbocycles. The third-order valence-electron chi connectivity index (χ3n) is 7.34. The second-order valence-electron chi connectivity index (χ2n) is 7.50. The zero-order valence-corrected chi connectivity index (χ0v) is 9.86. The van der Waals surface area contributed by atoms with Crippen molar-refractivity contribution in [2.24, 2.45) is 46.8 Å². The van der Waals surface area contributed by atoms with E-state index in [2.05, 4.69) is 5.92 Å². The maximum atomic E-state index is 6.03. The summed E-state index contributed by atoms with van der Waals surface area (Å²) in [6.07, 6.45) is 15.1. The van der Waals surface area contributed by atoms with E-state index in [1.165, 1.54) is 19.3 Å². The van der Waals surface area contributed by atoms with Gasteiger partial charge in [-0.3, -0.25) is 0 Å². The van der Waals surface area contributed by atoms with Gasteiger partial charge in [-0.2, -0.15) is 0 Å². The Hall–Kier alpha value is -0.440. The number of hydrogen-bond acceptors (Lipinski definition) is 0. The molecule has 7 saturated carbocycles. The SMILES string of the molecule is C#CC12CC3CC4C5CC(CC41)CC2C5C3. The number of terminal acetylenes is 1. The van der Waals surface area contributed by atoms with Gasteiger partial charge < -0.3 is 0 Å². The predicted octanol–water partition coefficient (Wildman–Crippen LogP) is 3.33. The Morgan fingerprint density at radius 3 is 2.06 bits per heavy atom. The molecule has 0 amide bonds. The van der Waals surface area contributed by atoms with Crippen molar-refractivity contribution >= 4 is 0 Å². The van der Waals surface area contributed by atoms with Crippen molar-refractivity contribution in [1.82, 2.24) is 0 Å². The van der Waals surface area contributed by atoms with Crippen LogP contribution in [0.3, 0.4) is 0 Å². The van der Waals surface area contributed by atoms with Crippen molar-refractivity contribution in [3.63, 3.8) is 0 Å². The van der Waals surface area contributed by atoms with Gasteiger partial charge in [-0.05, 0) is 80.0 Å². The summed E-state index contributed by atoms with van der Waals surface area (Å²) in [7, 11) is 0.